The van der Waals surface area contributed by atoms with E-state index in [0.717, 1.165) is 69.2 Å². The summed E-state index contributed by atoms with van der Waals surface area (Å²) in [6.45, 7) is 9.84. The van der Waals surface area contributed by atoms with Crippen LogP contribution in [0.1, 0.15) is 207 Å². The molecule has 16 N–H and O–H groups in total. The summed E-state index contributed by atoms with van der Waals surface area (Å²) in [5, 5.41) is 118. The zero-order valence-corrected chi connectivity index (χ0v) is 73.1. The number of halogens is 2. The Labute approximate surface area is 743 Å². The van der Waals surface area contributed by atoms with Gasteiger partial charge in [-0.1, -0.05) is 88.0 Å². The summed E-state index contributed by atoms with van der Waals surface area (Å²) in [6.07, 6.45) is -13.6. The molecule has 32 nitrogen and oxygen atoms in total. The van der Waals surface area contributed by atoms with Crippen LogP contribution in [0.25, 0.3) is 11.1 Å². The molecular weight excluding hydrogens is 1710 g/mol. The zero-order valence-electron chi connectivity index (χ0n) is 70.8. The molecule has 7 heterocycles. The summed E-state index contributed by atoms with van der Waals surface area (Å²) < 4.78 is 75.8. The number of benzene rings is 6. The lowest BCUT2D eigenvalue weighted by atomic mass is 9.51. The maximum Gasteiger partial charge on any atom is 0.264 e. The molecule has 4 saturated carbocycles. The Morgan fingerprint density at radius 1 is 0.701 bits per heavy atom. The number of sulfonamides is 1. The second-order valence-corrected chi connectivity index (χ2v) is 38.8. The molecule has 35 heteroatoms. The molecule has 6 aromatic rings. The van der Waals surface area contributed by atoms with Gasteiger partial charge in [0, 0.05) is 54.7 Å². The van der Waals surface area contributed by atoms with Gasteiger partial charge in [0.05, 0.1) is 52.2 Å². The number of phenolic OH excluding ortho intramolecular Hbond substituents is 1. The van der Waals surface area contributed by atoms with Crippen LogP contribution in [0.5, 0.6) is 40.2 Å². The monoisotopic (exact) mass is 1810 g/mol. The molecule has 2 saturated heterocycles. The Balaban J connectivity index is 0.922. The summed E-state index contributed by atoms with van der Waals surface area (Å²) in [6, 6.07) is 12.5. The number of unbranched alkanes of at least 4 members (excludes halogenated alkanes) is 2. The van der Waals surface area contributed by atoms with Gasteiger partial charge in [0.15, 0.2) is 41.2 Å². The van der Waals surface area contributed by atoms with Crippen molar-refractivity contribution in [2.45, 2.75) is 246 Å². The molecule has 18 rings (SSSR count). The van der Waals surface area contributed by atoms with E-state index in [1.54, 1.807) is 6.92 Å². The van der Waals surface area contributed by atoms with Crippen molar-refractivity contribution in [2.75, 3.05) is 13.2 Å². The third kappa shape index (κ3) is 19.1. The fourth-order valence-electron chi connectivity index (χ4n) is 20.3. The molecule has 5 amide bonds. The maximum atomic E-state index is 16.9. The lowest BCUT2D eigenvalue weighted by Gasteiger charge is -2.54. The van der Waals surface area contributed by atoms with Gasteiger partial charge in [0.1, 0.15) is 77.7 Å². The van der Waals surface area contributed by atoms with E-state index >= 15 is 28.8 Å². The number of aliphatic hydroxyl groups excluding tert-OH is 6. The SMILES string of the molecule is CCCCCOc1ccc(S(=O)(=O)NC(=O)C[C@@H]2CC(=O)[C@H](NC(=O)[C@H](CC)CC(C)C)[C@H](O)c3ccc(c(Cl)c3)Oc3cc4cc(c3O[C@@H]3O[C@H](CO)[C@@H](O)[C@H](O)[C@H]3O[C@H]3C[C@](C)(N)[C@H](O)[C@H](C)O3)Oc3ccc(cc3Cl)[C@@H](O)[C@@H]3NC(=O)[C@H](CC(=O)[C@@H]4NC2=O)c2ccc4c(c2)-c2c(cc(O)cc2C4(O)O)[C@@H](C(=O)CC2C4CC5CC(C4)CC2C5)NC3=O)cc1. The molecule has 15 bridgehead atoms. The van der Waals surface area contributed by atoms with E-state index in [1.807, 2.05) is 25.5 Å². The zero-order chi connectivity index (χ0) is 90.9. The van der Waals surface area contributed by atoms with Crippen molar-refractivity contribution >= 4 is 80.1 Å². The van der Waals surface area contributed by atoms with Crippen LogP contribution < -0.4 is 50.7 Å². The molecule has 0 aromatic heterocycles. The number of hydrogen-bond acceptors (Lipinski definition) is 27. The molecule has 0 unspecified atom stereocenters. The highest BCUT2D eigenvalue weighted by atomic mass is 35.5. The highest BCUT2D eigenvalue weighted by molar-refractivity contribution is 7.90. The first-order chi connectivity index (χ1) is 60.3. The third-order valence-electron chi connectivity index (χ3n) is 26.7. The van der Waals surface area contributed by atoms with E-state index in [4.69, 9.17) is 62.1 Å². The fraction of sp³-hybridized carbons (Fsp3) is 0.522. The number of aliphatic hydroxyl groups is 8. The summed E-state index contributed by atoms with van der Waals surface area (Å²) in [7, 11) is -4.87. The average molecular weight is 1820 g/mol. The summed E-state index contributed by atoms with van der Waals surface area (Å²) in [4.78, 5) is 126. The molecular formula is C92H108Cl2N6O26S. The van der Waals surface area contributed by atoms with Crippen LogP contribution in [-0.4, -0.2) is 181 Å². The summed E-state index contributed by atoms with van der Waals surface area (Å²) in [5.74, 6) is -18.2. The fourth-order valence-corrected chi connectivity index (χ4v) is 21.7. The van der Waals surface area contributed by atoms with E-state index in [9.17, 15) is 64.0 Å². The molecule has 5 aliphatic carbocycles. The predicted molar refractivity (Wildman–Crippen MR) is 455 cm³/mol. The van der Waals surface area contributed by atoms with Gasteiger partial charge in [-0.25, -0.2) is 13.1 Å². The lowest BCUT2D eigenvalue weighted by molar-refractivity contribution is -0.333. The van der Waals surface area contributed by atoms with Gasteiger partial charge in [0.2, 0.25) is 47.4 Å². The van der Waals surface area contributed by atoms with Crippen molar-refractivity contribution in [1.29, 1.82) is 0 Å². The number of ketones is 3. The minimum atomic E-state index is -4.87. The van der Waals surface area contributed by atoms with E-state index < -0.39 is 236 Å². The van der Waals surface area contributed by atoms with Crippen molar-refractivity contribution < 1.29 is 126 Å². The Morgan fingerprint density at radius 3 is 1.96 bits per heavy atom. The topological polar surface area (TPSA) is 504 Å². The van der Waals surface area contributed by atoms with Crippen molar-refractivity contribution in [3.63, 3.8) is 0 Å². The number of nitrogens with one attached hydrogen (secondary N) is 5. The highest BCUT2D eigenvalue weighted by Gasteiger charge is 2.54. The molecule has 6 aromatic carbocycles. The number of phenols is 1. The lowest BCUT2D eigenvalue weighted by Crippen LogP contribution is -2.64. The number of carbonyl (C=O) groups is 8. The van der Waals surface area contributed by atoms with Crippen LogP contribution in [0.3, 0.4) is 0 Å². The van der Waals surface area contributed by atoms with Crippen molar-refractivity contribution in [1.82, 2.24) is 26.0 Å². The number of carbonyl (C=O) groups excluding carboxylic acids is 8. The molecule has 18 atom stereocenters. The van der Waals surface area contributed by atoms with Gasteiger partial charge in [0.25, 0.3) is 10.0 Å². The first kappa shape index (κ1) is 92.4. The van der Waals surface area contributed by atoms with Gasteiger partial charge in [-0.05, 0) is 219 Å². The van der Waals surface area contributed by atoms with Crippen molar-refractivity contribution in [2.24, 2.45) is 53.1 Å². The molecule has 0 spiro atoms. The normalized spacial score (nSPS) is 31.0. The van der Waals surface area contributed by atoms with E-state index in [0.29, 0.717) is 37.0 Å². The number of Topliss-reactive ketones (excluding diaryl/α,β-unsaturated/α-hetero) is 3. The van der Waals surface area contributed by atoms with Gasteiger partial charge in [-0.3, -0.25) is 38.4 Å². The number of fused-ring (bicyclic) bond motifs is 12. The standard InChI is InChI=1S/C92H108Cl2N6O26S/c1-7-9-10-21-120-54-14-16-55(17-15-54)127(118,119)100-72(106)34-52-31-64(103)77(98-86(112)45(8-2)22-41(3)4)79(107)47-12-19-67(62(93)29-47)122-69-32-51-33-70(83(69)126-90-84(82(110)81(109)71(40-101)124-90)125-73-39-91(6,95)85(111)42(5)121-73)123-68-20-13-48(30-63(68)94)80(108)78-89(115)97-76(66(105)37-56-49-24-43-23-44(26-49)27-50(56)25-43)59-35-53(102)36-61-74(59)58-28-46(11-18-60(58)92(61,116)117)57(88(114)99-78)38-65(104)75(51)96-87(52)113/h11-20,28-30,32-33,35-36,41-45,49-50,52,56-57,71,73,75-82,84-85,90,101-102,107-111,116-117H,7-10,21-27,31,34,37-40,95H2,1-6H3,(H,96,113)(H,97,115)(H,98,112)(H,99,114)(H,100,106)/t42-,43?,44?,45+,49?,50?,52-,56?,57+,71+,73-,75+,76-,77-,78-,79+,80+,81+,82-,84+,85+,90-,91-/m0/s1. The quantitative estimate of drug-likeness (QED) is 0.0225. The van der Waals surface area contributed by atoms with Crippen molar-refractivity contribution in [3.8, 4) is 51.4 Å². The largest absolute Gasteiger partial charge is 0.508 e. The average Bonchev–Trinajstić information content (AvgIpc) is 1.55. The van der Waals surface area contributed by atoms with E-state index in [2.05, 4.69) is 21.3 Å². The molecule has 12 aliphatic rings. The Morgan fingerprint density at radius 2 is 1.35 bits per heavy atom. The van der Waals surface area contributed by atoms with Gasteiger partial charge in [-0.15, -0.1) is 0 Å². The van der Waals surface area contributed by atoms with Gasteiger partial charge < -0.3 is 106 Å². The predicted octanol–water partition coefficient (Wildman–Crippen LogP) is 8.14. The second kappa shape index (κ2) is 37.3. The summed E-state index contributed by atoms with van der Waals surface area (Å²) in [5.41, 5.74) is 3.53. The minimum absolute atomic E-state index is 0.0434. The maximum absolute atomic E-state index is 16.9. The third-order valence-corrected chi connectivity index (χ3v) is 28.7. The Hall–Kier alpha value is -9.27. The second-order valence-electron chi connectivity index (χ2n) is 36.3. The first-order valence-corrected chi connectivity index (χ1v) is 45.6. The van der Waals surface area contributed by atoms with Crippen LogP contribution in [-0.2, 0) is 68.4 Å². The molecule has 682 valence electrons. The number of ether oxygens (including phenoxy) is 7. The molecule has 0 radical (unpaired) electrons. The Bertz CT molecular complexity index is 5340. The van der Waals surface area contributed by atoms with E-state index in [1.165, 1.54) is 92.7 Å². The van der Waals surface area contributed by atoms with Gasteiger partial charge >= 0.3 is 0 Å². The van der Waals surface area contributed by atoms with Crippen LogP contribution in [0.15, 0.2) is 108 Å². The molecule has 127 heavy (non-hydrogen) atoms. The van der Waals surface area contributed by atoms with Gasteiger partial charge in [-0.2, -0.15) is 0 Å². The summed E-state index contributed by atoms with van der Waals surface area (Å²) >= 11 is 14.6. The Kier molecular flexibility index (Phi) is 27.2. The van der Waals surface area contributed by atoms with Crippen LogP contribution in [0, 0.1) is 47.3 Å². The van der Waals surface area contributed by atoms with Crippen molar-refractivity contribution in [3.05, 3.63) is 152 Å². The van der Waals surface area contributed by atoms with Crippen LogP contribution >= 0.6 is 23.2 Å². The highest BCUT2D eigenvalue weighted by Crippen LogP contribution is 2.59. The minimum Gasteiger partial charge on any atom is -0.508 e. The number of rotatable bonds is 22. The first-order valence-electron chi connectivity index (χ1n) is 43.4. The molecule has 6 fully saturated rings. The van der Waals surface area contributed by atoms with Crippen LogP contribution in [0.2, 0.25) is 10.0 Å². The number of hydrogen-bond donors (Lipinski definition) is 15. The van der Waals surface area contributed by atoms with E-state index in [-0.39, 0.29) is 104 Å². The molecule has 7 aliphatic heterocycles. The number of nitrogens with two attached hydrogens (primary N) is 1. The number of aromatic hydroxyl groups is 1. The number of amides is 5. The van der Waals surface area contributed by atoms with Crippen LogP contribution in [0.4, 0.5) is 0 Å². The smallest absolute Gasteiger partial charge is 0.264 e.